The Morgan fingerprint density at radius 2 is 2.19 bits per heavy atom. The molecular weight excluding hydrogens is 204 g/mol. The lowest BCUT2D eigenvalue weighted by atomic mass is 9.92. The third-order valence-corrected chi connectivity index (χ3v) is 2.89. The highest BCUT2D eigenvalue weighted by Gasteiger charge is 2.19. The first kappa shape index (κ1) is 13.1. The van der Waals surface area contributed by atoms with Crippen molar-refractivity contribution in [3.8, 4) is 0 Å². The number of hydrogen-bond acceptors (Lipinski definition) is 3. The molecule has 0 aromatic rings. The Morgan fingerprint density at radius 3 is 2.81 bits per heavy atom. The van der Waals surface area contributed by atoms with E-state index in [1.54, 1.807) is 20.1 Å². The van der Waals surface area contributed by atoms with E-state index >= 15 is 0 Å². The Labute approximate surface area is 96.9 Å². The van der Waals surface area contributed by atoms with Crippen molar-refractivity contribution in [2.24, 2.45) is 0 Å². The summed E-state index contributed by atoms with van der Waals surface area (Å²) in [4.78, 5) is 22.1. The fourth-order valence-corrected chi connectivity index (χ4v) is 2.00. The van der Waals surface area contributed by atoms with Gasteiger partial charge >= 0.3 is 0 Å². The summed E-state index contributed by atoms with van der Waals surface area (Å²) >= 11 is 0. The Kier molecular flexibility index (Phi) is 5.39. The van der Waals surface area contributed by atoms with Gasteiger partial charge in [0.2, 0.25) is 0 Å². The third-order valence-electron chi connectivity index (χ3n) is 2.89. The molecule has 0 N–H and O–H groups in total. The minimum absolute atomic E-state index is 0.0558. The zero-order valence-corrected chi connectivity index (χ0v) is 10.1. The highest BCUT2D eigenvalue weighted by molar-refractivity contribution is 5.91. The molecule has 3 heteroatoms. The normalized spacial score (nSPS) is 20.8. The van der Waals surface area contributed by atoms with Gasteiger partial charge in [0.1, 0.15) is 5.78 Å². The van der Waals surface area contributed by atoms with Gasteiger partial charge < -0.3 is 9.53 Å². The maximum absolute atomic E-state index is 11.4. The molecular formula is C13H20O3. The van der Waals surface area contributed by atoms with Crippen LogP contribution in [0.2, 0.25) is 0 Å². The van der Waals surface area contributed by atoms with Gasteiger partial charge in [-0.15, -0.1) is 0 Å². The van der Waals surface area contributed by atoms with Crippen molar-refractivity contribution in [2.45, 2.75) is 51.6 Å². The minimum atomic E-state index is 0.0558. The fraction of sp³-hybridized carbons (Fsp3) is 0.692. The molecule has 0 aromatic heterocycles. The zero-order valence-electron chi connectivity index (χ0n) is 10.1. The number of allylic oxidation sites excluding steroid dienone is 1. The van der Waals surface area contributed by atoms with E-state index in [9.17, 15) is 9.59 Å². The Bertz CT molecular complexity index is 292. The van der Waals surface area contributed by atoms with Crippen molar-refractivity contribution in [1.82, 2.24) is 0 Å². The van der Waals surface area contributed by atoms with Gasteiger partial charge in [-0.25, -0.2) is 0 Å². The van der Waals surface area contributed by atoms with Crippen LogP contribution in [0.4, 0.5) is 0 Å². The van der Waals surface area contributed by atoms with E-state index < -0.39 is 0 Å². The number of hydrogen-bond donors (Lipinski definition) is 0. The van der Waals surface area contributed by atoms with Gasteiger partial charge in [0.25, 0.3) is 0 Å². The van der Waals surface area contributed by atoms with Crippen molar-refractivity contribution in [1.29, 1.82) is 0 Å². The molecule has 0 unspecified atom stereocenters. The average molecular weight is 224 g/mol. The van der Waals surface area contributed by atoms with Crippen LogP contribution < -0.4 is 0 Å². The molecule has 1 aliphatic carbocycles. The molecule has 1 aliphatic rings. The number of unbranched alkanes of at least 4 members (excludes halogenated alkanes) is 1. The molecule has 0 aromatic carbocycles. The quantitative estimate of drug-likeness (QED) is 0.651. The van der Waals surface area contributed by atoms with E-state index in [0.29, 0.717) is 12.8 Å². The lowest BCUT2D eigenvalue weighted by molar-refractivity contribution is -0.118. The summed E-state index contributed by atoms with van der Waals surface area (Å²) in [7, 11) is 1.65. The lowest BCUT2D eigenvalue weighted by Gasteiger charge is -2.20. The van der Waals surface area contributed by atoms with Gasteiger partial charge in [-0.1, -0.05) is 5.57 Å². The third kappa shape index (κ3) is 4.71. The maximum Gasteiger partial charge on any atom is 0.158 e. The van der Waals surface area contributed by atoms with Gasteiger partial charge in [0, 0.05) is 20.0 Å². The number of carbonyl (C=O) groups excluding carboxylic acids is 2. The van der Waals surface area contributed by atoms with Gasteiger partial charge in [-0.05, 0) is 38.7 Å². The van der Waals surface area contributed by atoms with Crippen LogP contribution in [-0.4, -0.2) is 24.8 Å². The second kappa shape index (κ2) is 6.59. The lowest BCUT2D eigenvalue weighted by Crippen LogP contribution is -2.20. The molecule has 0 bridgehead atoms. The van der Waals surface area contributed by atoms with Crippen molar-refractivity contribution in [3.05, 3.63) is 11.6 Å². The second-order valence-electron chi connectivity index (χ2n) is 4.44. The number of ether oxygens (including phenoxy) is 1. The smallest absolute Gasteiger partial charge is 0.158 e. The number of carbonyl (C=O) groups is 2. The molecule has 0 aliphatic heterocycles. The molecule has 0 spiro atoms. The second-order valence-corrected chi connectivity index (χ2v) is 4.44. The predicted octanol–water partition coefficient (Wildman–Crippen LogP) is 2.44. The summed E-state index contributed by atoms with van der Waals surface area (Å²) in [6, 6.07) is 0. The summed E-state index contributed by atoms with van der Waals surface area (Å²) in [5, 5.41) is 0. The van der Waals surface area contributed by atoms with Crippen molar-refractivity contribution >= 4 is 11.6 Å². The van der Waals surface area contributed by atoms with Gasteiger partial charge in [0.15, 0.2) is 5.78 Å². The van der Waals surface area contributed by atoms with Crippen LogP contribution in [0.15, 0.2) is 11.6 Å². The van der Waals surface area contributed by atoms with Crippen molar-refractivity contribution in [2.75, 3.05) is 7.11 Å². The molecule has 0 saturated heterocycles. The number of methoxy groups -OCH3 is 1. The van der Waals surface area contributed by atoms with E-state index in [1.165, 1.54) is 5.57 Å². The molecule has 0 fully saturated rings. The van der Waals surface area contributed by atoms with Crippen LogP contribution in [0.25, 0.3) is 0 Å². The van der Waals surface area contributed by atoms with Crippen LogP contribution in [-0.2, 0) is 14.3 Å². The Morgan fingerprint density at radius 1 is 1.44 bits per heavy atom. The standard InChI is InChI=1S/C13H20O3/c1-10(14)5-3-4-6-11-7-12(15)9-13(8-11)16-2/h7,13H,3-6,8-9H2,1-2H3/t13-/m0/s1. The monoisotopic (exact) mass is 224 g/mol. The van der Waals surface area contributed by atoms with Crippen LogP contribution >= 0.6 is 0 Å². The SMILES string of the molecule is CO[C@@H]1CC(=O)C=C(CCCCC(C)=O)C1. The highest BCUT2D eigenvalue weighted by Crippen LogP contribution is 2.22. The fourth-order valence-electron chi connectivity index (χ4n) is 2.00. The van der Waals surface area contributed by atoms with E-state index in [2.05, 4.69) is 0 Å². The van der Waals surface area contributed by atoms with Gasteiger partial charge in [-0.3, -0.25) is 4.79 Å². The molecule has 0 saturated carbocycles. The summed E-state index contributed by atoms with van der Waals surface area (Å²) in [5.41, 5.74) is 1.17. The summed E-state index contributed by atoms with van der Waals surface area (Å²) < 4.78 is 5.22. The molecule has 0 heterocycles. The molecule has 3 nitrogen and oxygen atoms in total. The molecule has 1 atom stereocenters. The summed E-state index contributed by atoms with van der Waals surface area (Å²) in [5.74, 6) is 0.406. The first-order valence-corrected chi connectivity index (χ1v) is 5.86. The predicted molar refractivity (Wildman–Crippen MR) is 62.3 cm³/mol. The van der Waals surface area contributed by atoms with Gasteiger partial charge in [-0.2, -0.15) is 0 Å². The Hall–Kier alpha value is -0.960. The van der Waals surface area contributed by atoms with E-state index in [0.717, 1.165) is 25.7 Å². The van der Waals surface area contributed by atoms with E-state index in [1.807, 2.05) is 0 Å². The summed E-state index contributed by atoms with van der Waals surface area (Å²) in [6.07, 6.45) is 6.64. The maximum atomic E-state index is 11.4. The van der Waals surface area contributed by atoms with Crippen LogP contribution in [0.5, 0.6) is 0 Å². The van der Waals surface area contributed by atoms with Crippen molar-refractivity contribution in [3.63, 3.8) is 0 Å². The average Bonchev–Trinajstić information content (AvgIpc) is 2.23. The molecule has 1 rings (SSSR count). The first-order chi connectivity index (χ1) is 7.61. The van der Waals surface area contributed by atoms with Gasteiger partial charge in [0.05, 0.1) is 6.10 Å². The molecule has 90 valence electrons. The number of ketones is 2. The topological polar surface area (TPSA) is 43.4 Å². The largest absolute Gasteiger partial charge is 0.381 e. The highest BCUT2D eigenvalue weighted by atomic mass is 16.5. The van der Waals surface area contributed by atoms with Crippen LogP contribution in [0.3, 0.4) is 0 Å². The first-order valence-electron chi connectivity index (χ1n) is 5.86. The number of Topliss-reactive ketones (excluding diaryl/α,β-unsaturated/α-hetero) is 1. The van der Waals surface area contributed by atoms with Crippen LogP contribution in [0.1, 0.15) is 45.4 Å². The Balaban J connectivity index is 2.30. The molecule has 0 radical (unpaired) electrons. The summed E-state index contributed by atoms with van der Waals surface area (Å²) in [6.45, 7) is 1.62. The minimum Gasteiger partial charge on any atom is -0.381 e. The van der Waals surface area contributed by atoms with Crippen LogP contribution in [0, 0.1) is 0 Å². The zero-order chi connectivity index (χ0) is 12.0. The van der Waals surface area contributed by atoms with Crippen molar-refractivity contribution < 1.29 is 14.3 Å². The molecule has 16 heavy (non-hydrogen) atoms. The number of rotatable bonds is 6. The van der Waals surface area contributed by atoms with E-state index in [4.69, 9.17) is 4.74 Å². The van der Waals surface area contributed by atoms with E-state index in [-0.39, 0.29) is 17.7 Å². The molecule has 0 amide bonds.